The summed E-state index contributed by atoms with van der Waals surface area (Å²) in [5.74, 6) is 0. The normalized spacial score (nSPS) is 14.2. The van der Waals surface area contributed by atoms with Crippen LogP contribution in [0.4, 0.5) is 0 Å². The maximum absolute atomic E-state index is 9.66. The Bertz CT molecular complexity index is 3630. The highest BCUT2D eigenvalue weighted by Crippen LogP contribution is 2.39. The van der Waals surface area contributed by atoms with Gasteiger partial charge in [-0.3, -0.25) is 19.4 Å². The van der Waals surface area contributed by atoms with E-state index in [1.165, 1.54) is 6.07 Å². The van der Waals surface area contributed by atoms with Gasteiger partial charge in [-0.25, -0.2) is 4.98 Å². The van der Waals surface area contributed by atoms with Crippen LogP contribution in [0.25, 0.3) is 83.2 Å². The van der Waals surface area contributed by atoms with Gasteiger partial charge >= 0.3 is 0 Å². The topological polar surface area (TPSA) is 56.0 Å². The number of aryl methyl sites for hydroxylation is 4. The van der Waals surface area contributed by atoms with Crippen molar-refractivity contribution in [3.8, 4) is 55.9 Å². The molecule has 0 bridgehead atoms. The lowest BCUT2D eigenvalue weighted by atomic mass is 9.89. The van der Waals surface area contributed by atoms with Crippen molar-refractivity contribution in [2.75, 3.05) is 0 Å². The van der Waals surface area contributed by atoms with Crippen molar-refractivity contribution < 1.29 is 11.0 Å². The Kier molecular flexibility index (Phi) is 8.02. The van der Waals surface area contributed by atoms with Gasteiger partial charge in [0.25, 0.3) is 0 Å². The fraction of sp³-hybridized carbons (Fsp3) is 0.0690. The minimum Gasteiger partial charge on any atom is -0.296 e. The van der Waals surface area contributed by atoms with Crippen LogP contribution in [0.5, 0.6) is 0 Å². The van der Waals surface area contributed by atoms with E-state index in [4.69, 9.17) is 4.98 Å². The third-order valence-corrected chi connectivity index (χ3v) is 11.3. The molecule has 0 amide bonds. The molecule has 0 aliphatic heterocycles. The Morgan fingerprint density at radius 3 is 1.59 bits per heavy atom. The summed E-state index contributed by atoms with van der Waals surface area (Å²) >= 11 is 0. The molecule has 5 aromatic heterocycles. The molecule has 63 heavy (non-hydrogen) atoms. The second-order valence-electron chi connectivity index (χ2n) is 15.3. The quantitative estimate of drug-likeness (QED) is 0.122. The van der Waals surface area contributed by atoms with Crippen LogP contribution in [0.2, 0.25) is 0 Å². The van der Waals surface area contributed by atoms with E-state index < -0.39 is 25.5 Å². The second-order valence-corrected chi connectivity index (χ2v) is 15.3. The van der Waals surface area contributed by atoms with Crippen LogP contribution in [-0.4, -0.2) is 24.3 Å². The first-order valence-corrected chi connectivity index (χ1v) is 20.8. The zero-order valence-electron chi connectivity index (χ0n) is 41.9. The van der Waals surface area contributed by atoms with Gasteiger partial charge in [0.1, 0.15) is 0 Å². The SMILES string of the molecule is [2H]C([2H])(c1ccc(-c2ccccn2)cc1)C([2H])([2H])c1cc(-c2ccccc2-c2ccc3c(c2)c2cncn2c2c(-c4ccccc4)ccnc32)cc(C([2H])([2H])C([2H])([2H])c2ccc(-c3ccccn3)cc2)c1. The van der Waals surface area contributed by atoms with Gasteiger partial charge < -0.3 is 0 Å². The van der Waals surface area contributed by atoms with Crippen molar-refractivity contribution in [1.29, 1.82) is 0 Å². The standard InChI is InChI=1S/C58H43N5/c1-2-10-44(11-3-1)51-30-33-62-57-52-29-28-47(37-53(52)56-38-59-39-63(56)58(51)57)49-12-4-5-13-50(49)48-35-42(18-16-40-20-24-45(25-21-40)54-14-6-8-31-60-54)34-43(36-48)19-17-41-22-26-46(27-23-41)55-15-7-9-32-61-55/h1-15,20-39H,16-19H2/i16D2,17D2,18D2,19D2. The minimum absolute atomic E-state index is 0.0705. The maximum Gasteiger partial charge on any atom is 0.0998 e. The van der Waals surface area contributed by atoms with Crippen LogP contribution < -0.4 is 0 Å². The molecule has 0 unspecified atom stereocenters. The van der Waals surface area contributed by atoms with Gasteiger partial charge in [-0.2, -0.15) is 0 Å². The highest BCUT2D eigenvalue weighted by Gasteiger charge is 2.17. The molecule has 0 saturated carbocycles. The molecule has 0 fully saturated rings. The Labute approximate surface area is 378 Å². The van der Waals surface area contributed by atoms with E-state index in [1.807, 2.05) is 97.3 Å². The second kappa shape index (κ2) is 16.8. The number of imidazole rings is 1. The summed E-state index contributed by atoms with van der Waals surface area (Å²) in [5, 5.41) is 1.81. The van der Waals surface area contributed by atoms with Crippen molar-refractivity contribution in [3.63, 3.8) is 0 Å². The van der Waals surface area contributed by atoms with Crippen LogP contribution in [0.15, 0.2) is 213 Å². The number of fused-ring (bicyclic) bond motifs is 6. The third-order valence-electron chi connectivity index (χ3n) is 11.3. The molecule has 5 heterocycles. The molecule has 0 spiro atoms. The molecule has 5 nitrogen and oxygen atoms in total. The van der Waals surface area contributed by atoms with E-state index in [-0.39, 0.29) is 22.3 Å². The summed E-state index contributed by atoms with van der Waals surface area (Å²) in [6.45, 7) is 0. The first-order valence-electron chi connectivity index (χ1n) is 24.8. The first kappa shape index (κ1) is 30.1. The molecule has 0 N–H and O–H groups in total. The van der Waals surface area contributed by atoms with Gasteiger partial charge in [-0.1, -0.05) is 146 Å². The fourth-order valence-electron chi connectivity index (χ4n) is 8.27. The molecule has 300 valence electrons. The summed E-state index contributed by atoms with van der Waals surface area (Å²) in [6, 6.07) is 54.3. The molecule has 0 saturated heterocycles. The van der Waals surface area contributed by atoms with E-state index >= 15 is 0 Å². The lowest BCUT2D eigenvalue weighted by molar-refractivity contribution is 0.931. The molecule has 0 radical (unpaired) electrons. The minimum atomic E-state index is -2.77. The lowest BCUT2D eigenvalue weighted by Crippen LogP contribution is -1.98. The Morgan fingerprint density at radius 1 is 0.397 bits per heavy atom. The third kappa shape index (κ3) is 7.66. The van der Waals surface area contributed by atoms with Crippen LogP contribution >= 0.6 is 0 Å². The van der Waals surface area contributed by atoms with Crippen LogP contribution in [-0.2, 0) is 25.5 Å². The summed E-state index contributed by atoms with van der Waals surface area (Å²) < 4.78 is 78.5. The summed E-state index contributed by atoms with van der Waals surface area (Å²) in [5.41, 5.74) is 9.86. The zero-order valence-corrected chi connectivity index (χ0v) is 33.9. The number of pyridine rings is 4. The predicted octanol–water partition coefficient (Wildman–Crippen LogP) is 13.7. The Hall–Kier alpha value is -8.02. The average molecular weight is 818 g/mol. The van der Waals surface area contributed by atoms with Gasteiger partial charge in [-0.15, -0.1) is 0 Å². The van der Waals surface area contributed by atoms with Gasteiger partial charge in [-0.05, 0) is 112 Å². The van der Waals surface area contributed by atoms with Crippen molar-refractivity contribution >= 4 is 27.3 Å². The number of hydrogen-bond donors (Lipinski definition) is 0. The number of hydrogen-bond acceptors (Lipinski definition) is 4. The smallest absolute Gasteiger partial charge is 0.0998 e. The zero-order chi connectivity index (χ0) is 49.1. The highest BCUT2D eigenvalue weighted by atomic mass is 15.0. The van der Waals surface area contributed by atoms with Gasteiger partial charge in [0.15, 0.2) is 0 Å². The monoisotopic (exact) mass is 817 g/mol. The molecule has 6 aromatic carbocycles. The lowest BCUT2D eigenvalue weighted by Gasteiger charge is -2.16. The largest absolute Gasteiger partial charge is 0.296 e. The predicted molar refractivity (Wildman–Crippen MR) is 258 cm³/mol. The number of benzene rings is 6. The van der Waals surface area contributed by atoms with E-state index in [9.17, 15) is 11.0 Å². The van der Waals surface area contributed by atoms with Gasteiger partial charge in [0, 0.05) is 57.0 Å². The fourth-order valence-corrected chi connectivity index (χ4v) is 8.27. The first-order chi connectivity index (χ1) is 34.2. The maximum atomic E-state index is 9.66. The Balaban J connectivity index is 1.06. The number of aromatic nitrogens is 5. The van der Waals surface area contributed by atoms with Crippen molar-refractivity contribution in [1.82, 2.24) is 24.3 Å². The average Bonchev–Trinajstić information content (AvgIpc) is 3.92. The van der Waals surface area contributed by atoms with Crippen LogP contribution in [0.1, 0.15) is 33.2 Å². The van der Waals surface area contributed by atoms with E-state index in [0.717, 1.165) is 60.7 Å². The molecule has 0 aliphatic rings. The number of rotatable bonds is 11. The molecule has 11 aromatic rings. The van der Waals surface area contributed by atoms with Crippen molar-refractivity contribution in [2.24, 2.45) is 0 Å². The molecule has 11 rings (SSSR count). The van der Waals surface area contributed by atoms with Gasteiger partial charge in [0.05, 0.1) is 40.5 Å². The molecular formula is C58H43N5. The highest BCUT2D eigenvalue weighted by molar-refractivity contribution is 6.14. The van der Waals surface area contributed by atoms with Gasteiger partial charge in [0.2, 0.25) is 0 Å². The summed E-state index contributed by atoms with van der Waals surface area (Å²) in [6.07, 6.45) is -2.05. The van der Waals surface area contributed by atoms with E-state index in [2.05, 4.69) is 37.6 Å². The van der Waals surface area contributed by atoms with E-state index in [1.54, 1.807) is 91.5 Å². The van der Waals surface area contributed by atoms with Crippen LogP contribution in [0, 0.1) is 0 Å². The van der Waals surface area contributed by atoms with Crippen LogP contribution in [0.3, 0.4) is 0 Å². The Morgan fingerprint density at radius 2 is 0.968 bits per heavy atom. The summed E-state index contributed by atoms with van der Waals surface area (Å²) in [4.78, 5) is 18.3. The van der Waals surface area contributed by atoms with E-state index in [0.29, 0.717) is 22.5 Å². The molecule has 5 heteroatoms. The van der Waals surface area contributed by atoms with Crippen molar-refractivity contribution in [2.45, 2.75) is 25.5 Å². The summed E-state index contributed by atoms with van der Waals surface area (Å²) in [7, 11) is 0. The molecule has 0 aliphatic carbocycles. The number of nitrogens with zero attached hydrogens (tertiary/aromatic N) is 5. The molecule has 0 atom stereocenters. The molecular weight excluding hydrogens is 767 g/mol. The van der Waals surface area contributed by atoms with Crippen molar-refractivity contribution in [3.05, 3.63) is 235 Å².